The van der Waals surface area contributed by atoms with E-state index in [1.54, 1.807) is 23.1 Å². The van der Waals surface area contributed by atoms with Crippen molar-refractivity contribution in [3.63, 3.8) is 0 Å². The van der Waals surface area contributed by atoms with Crippen molar-refractivity contribution in [1.29, 1.82) is 0 Å². The van der Waals surface area contributed by atoms with Crippen molar-refractivity contribution in [2.24, 2.45) is 0 Å². The molecule has 0 radical (unpaired) electrons. The molecule has 5 nitrogen and oxygen atoms in total. The van der Waals surface area contributed by atoms with Gasteiger partial charge in [-0.1, -0.05) is 11.8 Å². The number of nitrogens with one attached hydrogen (secondary N) is 1. The van der Waals surface area contributed by atoms with Crippen molar-refractivity contribution in [3.05, 3.63) is 28.3 Å². The lowest BCUT2D eigenvalue weighted by Crippen LogP contribution is -2.43. The summed E-state index contributed by atoms with van der Waals surface area (Å²) in [4.78, 5) is 15.8. The molecule has 0 spiro atoms. The third kappa shape index (κ3) is 4.22. The molecular formula is C16H23N5S2. The maximum absolute atomic E-state index is 4.60. The molecule has 0 amide bonds. The first-order valence-corrected chi connectivity index (χ1v) is 10.1. The lowest BCUT2D eigenvalue weighted by Gasteiger charge is -2.34. The number of aryl methyl sites for hydroxylation is 1. The Kier molecular flexibility index (Phi) is 5.50. The largest absolute Gasteiger partial charge is 0.356 e. The van der Waals surface area contributed by atoms with Gasteiger partial charge in [0, 0.05) is 36.4 Å². The highest BCUT2D eigenvalue weighted by molar-refractivity contribution is 7.98. The standard InChI is InChI=1S/C16H23N5S2/c1-11-10-23-15(18-11)12(2)19-13-5-8-21(9-6-13)14-4-7-17-16(20-14)22-3/h4,7,10,12-13,19H,5-6,8-9H2,1-3H3/t12-/m0/s1. The molecule has 2 aromatic heterocycles. The van der Waals surface area contributed by atoms with Crippen molar-refractivity contribution >= 4 is 28.9 Å². The van der Waals surface area contributed by atoms with E-state index in [0.717, 1.165) is 42.6 Å². The molecule has 2 aromatic rings. The van der Waals surface area contributed by atoms with Gasteiger partial charge in [0.25, 0.3) is 0 Å². The summed E-state index contributed by atoms with van der Waals surface area (Å²) >= 11 is 3.33. The third-order valence-electron chi connectivity index (χ3n) is 4.11. The Balaban J connectivity index is 1.53. The van der Waals surface area contributed by atoms with Gasteiger partial charge in [0.1, 0.15) is 10.8 Å². The minimum Gasteiger partial charge on any atom is -0.356 e. The zero-order valence-corrected chi connectivity index (χ0v) is 15.5. The number of piperidine rings is 1. The number of thioether (sulfide) groups is 1. The van der Waals surface area contributed by atoms with E-state index in [-0.39, 0.29) is 0 Å². The first-order chi connectivity index (χ1) is 11.2. The second-order valence-corrected chi connectivity index (χ2v) is 7.54. The van der Waals surface area contributed by atoms with E-state index in [9.17, 15) is 0 Å². The van der Waals surface area contributed by atoms with E-state index in [0.29, 0.717) is 12.1 Å². The summed E-state index contributed by atoms with van der Waals surface area (Å²) in [5.41, 5.74) is 1.11. The van der Waals surface area contributed by atoms with Gasteiger partial charge in [-0.25, -0.2) is 15.0 Å². The summed E-state index contributed by atoms with van der Waals surface area (Å²) in [6.07, 6.45) is 6.13. The van der Waals surface area contributed by atoms with Crippen LogP contribution in [0.25, 0.3) is 0 Å². The SMILES string of the molecule is CSc1nccc(N2CCC(N[C@@H](C)c3nc(C)cs3)CC2)n1. The van der Waals surface area contributed by atoms with E-state index < -0.39 is 0 Å². The quantitative estimate of drug-likeness (QED) is 0.660. The summed E-state index contributed by atoms with van der Waals surface area (Å²) < 4.78 is 0. The lowest BCUT2D eigenvalue weighted by molar-refractivity contribution is 0.379. The number of hydrogen-bond donors (Lipinski definition) is 1. The van der Waals surface area contributed by atoms with Gasteiger partial charge < -0.3 is 10.2 Å². The molecule has 1 N–H and O–H groups in total. The predicted molar refractivity (Wildman–Crippen MR) is 97.4 cm³/mol. The molecule has 0 unspecified atom stereocenters. The Morgan fingerprint density at radius 2 is 2.13 bits per heavy atom. The molecule has 1 fully saturated rings. The number of anilines is 1. The number of hydrogen-bond acceptors (Lipinski definition) is 7. The predicted octanol–water partition coefficient (Wildman–Crippen LogP) is 3.28. The van der Waals surface area contributed by atoms with Gasteiger partial charge in [-0.05, 0) is 39.0 Å². The second kappa shape index (κ2) is 7.59. The monoisotopic (exact) mass is 349 g/mol. The average Bonchev–Trinajstić information content (AvgIpc) is 3.02. The molecular weight excluding hydrogens is 326 g/mol. The summed E-state index contributed by atoms with van der Waals surface area (Å²) in [5, 5.41) is 7.88. The fourth-order valence-electron chi connectivity index (χ4n) is 2.88. The smallest absolute Gasteiger partial charge is 0.189 e. The van der Waals surface area contributed by atoms with Crippen LogP contribution >= 0.6 is 23.1 Å². The fourth-order valence-corrected chi connectivity index (χ4v) is 4.04. The minimum absolute atomic E-state index is 0.326. The number of rotatable bonds is 5. The van der Waals surface area contributed by atoms with E-state index in [1.807, 2.05) is 18.5 Å². The molecule has 1 saturated heterocycles. The number of aromatic nitrogens is 3. The Hall–Kier alpha value is -1.18. The second-order valence-electron chi connectivity index (χ2n) is 5.88. The van der Waals surface area contributed by atoms with Crippen LogP contribution in [0.2, 0.25) is 0 Å². The highest BCUT2D eigenvalue weighted by atomic mass is 32.2. The molecule has 124 valence electrons. The van der Waals surface area contributed by atoms with Crippen molar-refractivity contribution in [1.82, 2.24) is 20.3 Å². The van der Waals surface area contributed by atoms with Crippen molar-refractivity contribution < 1.29 is 0 Å². The topological polar surface area (TPSA) is 53.9 Å². The van der Waals surface area contributed by atoms with Crippen LogP contribution in [0.5, 0.6) is 0 Å². The first kappa shape index (κ1) is 16.7. The third-order valence-corrected chi connectivity index (χ3v) is 5.82. The highest BCUT2D eigenvalue weighted by Gasteiger charge is 2.22. The van der Waals surface area contributed by atoms with Crippen LogP contribution in [0.15, 0.2) is 22.8 Å². The summed E-state index contributed by atoms with van der Waals surface area (Å²) in [5.74, 6) is 1.05. The van der Waals surface area contributed by atoms with Gasteiger partial charge in [0.2, 0.25) is 0 Å². The van der Waals surface area contributed by atoms with Gasteiger partial charge in [-0.3, -0.25) is 0 Å². The molecule has 1 aliphatic heterocycles. The Morgan fingerprint density at radius 1 is 1.35 bits per heavy atom. The van der Waals surface area contributed by atoms with Crippen molar-refractivity contribution in [2.45, 2.75) is 43.9 Å². The normalized spacial score (nSPS) is 17.4. The van der Waals surface area contributed by atoms with E-state index in [1.165, 1.54) is 5.01 Å². The van der Waals surface area contributed by atoms with Crippen molar-refractivity contribution in [3.8, 4) is 0 Å². The molecule has 23 heavy (non-hydrogen) atoms. The van der Waals surface area contributed by atoms with E-state index in [4.69, 9.17) is 0 Å². The summed E-state index contributed by atoms with van der Waals surface area (Å²) in [6, 6.07) is 2.88. The van der Waals surface area contributed by atoms with Gasteiger partial charge in [0.15, 0.2) is 5.16 Å². The molecule has 0 saturated carbocycles. The maximum Gasteiger partial charge on any atom is 0.189 e. The van der Waals surface area contributed by atoms with Crippen LogP contribution < -0.4 is 10.2 Å². The van der Waals surface area contributed by atoms with Gasteiger partial charge in [-0.15, -0.1) is 11.3 Å². The summed E-state index contributed by atoms with van der Waals surface area (Å²) in [6.45, 7) is 6.33. The molecule has 3 heterocycles. The van der Waals surface area contributed by atoms with Crippen LogP contribution in [-0.2, 0) is 0 Å². The Labute approximate surface area is 145 Å². The van der Waals surface area contributed by atoms with Crippen molar-refractivity contribution in [2.75, 3.05) is 24.2 Å². The molecule has 0 bridgehead atoms. The lowest BCUT2D eigenvalue weighted by atomic mass is 10.0. The summed E-state index contributed by atoms with van der Waals surface area (Å²) in [7, 11) is 0. The fraction of sp³-hybridized carbons (Fsp3) is 0.562. The van der Waals surface area contributed by atoms with Crippen LogP contribution in [0, 0.1) is 6.92 Å². The molecule has 1 atom stereocenters. The average molecular weight is 350 g/mol. The Morgan fingerprint density at radius 3 is 2.78 bits per heavy atom. The highest BCUT2D eigenvalue weighted by Crippen LogP contribution is 2.23. The molecule has 0 aromatic carbocycles. The Bertz CT molecular complexity index is 637. The van der Waals surface area contributed by atoms with E-state index >= 15 is 0 Å². The number of thiazole rings is 1. The molecule has 7 heteroatoms. The first-order valence-electron chi connectivity index (χ1n) is 7.96. The van der Waals surface area contributed by atoms with Crippen LogP contribution in [0.1, 0.15) is 36.5 Å². The minimum atomic E-state index is 0.326. The van der Waals surface area contributed by atoms with Crippen LogP contribution in [0.4, 0.5) is 5.82 Å². The maximum atomic E-state index is 4.60. The van der Waals surface area contributed by atoms with Crippen LogP contribution in [0.3, 0.4) is 0 Å². The zero-order valence-electron chi connectivity index (χ0n) is 13.8. The van der Waals surface area contributed by atoms with E-state index in [2.05, 4.69) is 44.4 Å². The molecule has 3 rings (SSSR count). The van der Waals surface area contributed by atoms with Gasteiger partial charge in [-0.2, -0.15) is 0 Å². The van der Waals surface area contributed by atoms with Gasteiger partial charge in [0.05, 0.1) is 6.04 Å². The van der Waals surface area contributed by atoms with Crippen LogP contribution in [-0.4, -0.2) is 40.3 Å². The molecule has 1 aliphatic rings. The zero-order chi connectivity index (χ0) is 16.2. The number of nitrogens with zero attached hydrogens (tertiary/aromatic N) is 4. The molecule has 0 aliphatic carbocycles. The van der Waals surface area contributed by atoms with Gasteiger partial charge >= 0.3 is 0 Å².